The fourth-order valence-corrected chi connectivity index (χ4v) is 6.58. The number of likely N-dealkylation sites (tertiary alicyclic amines) is 1. The fraction of sp³-hybridized carbons (Fsp3) is 0.382. The van der Waals surface area contributed by atoms with Crippen molar-refractivity contribution in [2.24, 2.45) is 5.92 Å². The third kappa shape index (κ3) is 5.38. The van der Waals surface area contributed by atoms with Crippen LogP contribution in [0.3, 0.4) is 0 Å². The first-order chi connectivity index (χ1) is 19.1. The highest BCUT2D eigenvalue weighted by molar-refractivity contribution is 5.96. The second-order valence-corrected chi connectivity index (χ2v) is 11.1. The van der Waals surface area contributed by atoms with Crippen molar-refractivity contribution in [3.8, 4) is 5.75 Å². The Bertz CT molecular complexity index is 1390. The van der Waals surface area contributed by atoms with Crippen LogP contribution in [0, 0.1) is 5.92 Å². The number of aryl methyl sites for hydroxylation is 1. The van der Waals surface area contributed by atoms with Crippen LogP contribution in [-0.4, -0.2) is 48.9 Å². The van der Waals surface area contributed by atoms with E-state index in [0.29, 0.717) is 12.0 Å². The summed E-state index contributed by atoms with van der Waals surface area (Å²) in [5.41, 5.74) is 10.6. The van der Waals surface area contributed by atoms with E-state index < -0.39 is 5.97 Å². The van der Waals surface area contributed by atoms with Crippen molar-refractivity contribution < 1.29 is 19.0 Å². The van der Waals surface area contributed by atoms with E-state index in [1.54, 1.807) is 6.07 Å². The van der Waals surface area contributed by atoms with Gasteiger partial charge in [-0.25, -0.2) is 4.79 Å². The maximum absolute atomic E-state index is 12.5. The first kappa shape index (κ1) is 25.8. The Morgan fingerprint density at radius 2 is 2.00 bits per heavy atom. The molecule has 2 aliphatic carbocycles. The van der Waals surface area contributed by atoms with Crippen molar-refractivity contribution in [3.63, 3.8) is 0 Å². The SMILES string of the molecule is O=C(O)c1ccc2c(c1)CCCC(c1cccc3c1CCCO3)=C2C1C=CC(C=C2CN(CCCF)C2)=CC1. The van der Waals surface area contributed by atoms with Crippen LogP contribution in [-0.2, 0) is 12.8 Å². The Morgan fingerprint density at radius 1 is 1.10 bits per heavy atom. The van der Waals surface area contributed by atoms with E-state index in [1.807, 2.05) is 12.1 Å². The lowest BCUT2D eigenvalue weighted by Crippen LogP contribution is -2.40. The van der Waals surface area contributed by atoms with Crippen LogP contribution in [0.4, 0.5) is 4.39 Å². The molecule has 1 saturated heterocycles. The largest absolute Gasteiger partial charge is 0.493 e. The Balaban J connectivity index is 1.36. The molecule has 1 fully saturated rings. The first-order valence-corrected chi connectivity index (χ1v) is 14.3. The molecule has 0 spiro atoms. The molecular weight excluding hydrogens is 489 g/mol. The maximum Gasteiger partial charge on any atom is 0.335 e. The van der Waals surface area contributed by atoms with E-state index in [-0.39, 0.29) is 12.6 Å². The zero-order chi connectivity index (χ0) is 26.8. The molecule has 1 N–H and O–H groups in total. The molecule has 202 valence electrons. The predicted octanol–water partition coefficient (Wildman–Crippen LogP) is 7.06. The summed E-state index contributed by atoms with van der Waals surface area (Å²) in [6, 6.07) is 12.1. The fourth-order valence-electron chi connectivity index (χ4n) is 6.58. The van der Waals surface area contributed by atoms with E-state index >= 15 is 0 Å². The van der Waals surface area contributed by atoms with Gasteiger partial charge in [-0.05, 0) is 102 Å². The van der Waals surface area contributed by atoms with Crippen molar-refractivity contribution >= 4 is 17.1 Å². The monoisotopic (exact) mass is 525 g/mol. The summed E-state index contributed by atoms with van der Waals surface area (Å²) >= 11 is 0. The van der Waals surface area contributed by atoms with E-state index in [9.17, 15) is 14.3 Å². The number of ether oxygens (including phenoxy) is 1. The molecule has 2 heterocycles. The Hall–Kier alpha value is -3.44. The highest BCUT2D eigenvalue weighted by atomic mass is 19.1. The lowest BCUT2D eigenvalue weighted by atomic mass is 9.79. The average Bonchev–Trinajstić information content (AvgIpc) is 3.13. The zero-order valence-electron chi connectivity index (χ0n) is 22.4. The van der Waals surface area contributed by atoms with Gasteiger partial charge in [0.15, 0.2) is 0 Å². The molecule has 6 rings (SSSR count). The summed E-state index contributed by atoms with van der Waals surface area (Å²) < 4.78 is 18.5. The molecule has 0 radical (unpaired) electrons. The van der Waals surface area contributed by atoms with Gasteiger partial charge in [-0.3, -0.25) is 9.29 Å². The molecule has 1 unspecified atom stereocenters. The minimum atomic E-state index is -0.875. The van der Waals surface area contributed by atoms with Gasteiger partial charge in [0.2, 0.25) is 0 Å². The molecule has 1 atom stereocenters. The number of allylic oxidation sites excluding steroid dienone is 7. The number of carbonyl (C=O) groups is 1. The molecule has 5 heteroatoms. The molecule has 0 bridgehead atoms. The van der Waals surface area contributed by atoms with Crippen LogP contribution < -0.4 is 4.74 Å². The molecule has 2 aromatic rings. The number of rotatable bonds is 7. The van der Waals surface area contributed by atoms with Gasteiger partial charge in [-0.1, -0.05) is 42.5 Å². The maximum atomic E-state index is 12.5. The quantitative estimate of drug-likeness (QED) is 0.420. The molecular formula is C34H36FNO3. The van der Waals surface area contributed by atoms with E-state index in [4.69, 9.17) is 4.74 Å². The molecule has 2 aliphatic heterocycles. The van der Waals surface area contributed by atoms with Gasteiger partial charge in [0.05, 0.1) is 18.8 Å². The van der Waals surface area contributed by atoms with Crippen LogP contribution in [0.1, 0.15) is 64.7 Å². The summed E-state index contributed by atoms with van der Waals surface area (Å²) in [6.07, 6.45) is 15.6. The number of aromatic carboxylic acids is 1. The van der Waals surface area contributed by atoms with Gasteiger partial charge in [0, 0.05) is 31.1 Å². The summed E-state index contributed by atoms with van der Waals surface area (Å²) in [5, 5.41) is 9.65. The van der Waals surface area contributed by atoms with Gasteiger partial charge in [-0.2, -0.15) is 0 Å². The second kappa shape index (κ2) is 11.4. The second-order valence-electron chi connectivity index (χ2n) is 11.1. The molecule has 0 saturated carbocycles. The predicted molar refractivity (Wildman–Crippen MR) is 154 cm³/mol. The molecule has 4 nitrogen and oxygen atoms in total. The van der Waals surface area contributed by atoms with Gasteiger partial charge >= 0.3 is 5.97 Å². The van der Waals surface area contributed by atoms with Gasteiger partial charge in [0.25, 0.3) is 0 Å². The number of carboxylic acids is 1. The highest BCUT2D eigenvalue weighted by Crippen LogP contribution is 2.45. The van der Waals surface area contributed by atoms with Gasteiger partial charge < -0.3 is 9.84 Å². The summed E-state index contributed by atoms with van der Waals surface area (Å²) in [4.78, 5) is 14.0. The van der Waals surface area contributed by atoms with E-state index in [0.717, 1.165) is 76.1 Å². The number of hydrogen-bond acceptors (Lipinski definition) is 3. The van der Waals surface area contributed by atoms with Crippen LogP contribution >= 0.6 is 0 Å². The number of halogens is 1. The van der Waals surface area contributed by atoms with Crippen molar-refractivity contribution in [2.45, 2.75) is 44.9 Å². The Kier molecular flexibility index (Phi) is 7.51. The smallest absolute Gasteiger partial charge is 0.335 e. The topological polar surface area (TPSA) is 49.8 Å². The number of nitrogens with zero attached hydrogens (tertiary/aromatic N) is 1. The number of hydrogen-bond donors (Lipinski definition) is 1. The zero-order valence-corrected chi connectivity index (χ0v) is 22.4. The van der Waals surface area contributed by atoms with Crippen molar-refractivity contribution in [2.75, 3.05) is 32.9 Å². The summed E-state index contributed by atoms with van der Waals surface area (Å²) in [6.45, 7) is 3.22. The minimum absolute atomic E-state index is 0.220. The van der Waals surface area contributed by atoms with Crippen molar-refractivity contribution in [3.05, 3.63) is 99.7 Å². The number of alkyl halides is 1. The Morgan fingerprint density at radius 3 is 2.79 bits per heavy atom. The van der Waals surface area contributed by atoms with Gasteiger partial charge in [-0.15, -0.1) is 0 Å². The van der Waals surface area contributed by atoms with Gasteiger partial charge in [0.1, 0.15) is 5.75 Å². The third-order valence-corrected chi connectivity index (χ3v) is 8.46. The van der Waals surface area contributed by atoms with Crippen LogP contribution in [0.5, 0.6) is 5.75 Å². The molecule has 39 heavy (non-hydrogen) atoms. The van der Waals surface area contributed by atoms with E-state index in [1.165, 1.54) is 39.0 Å². The molecule has 0 amide bonds. The van der Waals surface area contributed by atoms with Crippen molar-refractivity contribution in [1.29, 1.82) is 0 Å². The highest BCUT2D eigenvalue weighted by Gasteiger charge is 2.28. The normalized spacial score (nSPS) is 20.8. The number of carboxylic acid groups (broad SMARTS) is 1. The average molecular weight is 526 g/mol. The summed E-state index contributed by atoms with van der Waals surface area (Å²) in [7, 11) is 0. The lowest BCUT2D eigenvalue weighted by Gasteiger charge is -2.34. The van der Waals surface area contributed by atoms with E-state index in [2.05, 4.69) is 47.4 Å². The Labute approximate surface area is 230 Å². The molecule has 0 aromatic heterocycles. The number of fused-ring (bicyclic) bond motifs is 2. The van der Waals surface area contributed by atoms with Crippen molar-refractivity contribution in [1.82, 2.24) is 4.90 Å². The molecule has 2 aromatic carbocycles. The first-order valence-electron chi connectivity index (χ1n) is 14.3. The third-order valence-electron chi connectivity index (χ3n) is 8.46. The minimum Gasteiger partial charge on any atom is -0.493 e. The van der Waals surface area contributed by atoms with Crippen LogP contribution in [0.15, 0.2) is 71.8 Å². The standard InChI is InChI=1S/C34H36FNO3/c35-16-4-17-36-21-24(22-36)19-23-10-12-25(13-11-23)33-28-15-14-27(34(37)38)20-26(28)5-1-7-31(33)29-6-2-9-32-30(29)8-3-18-39-32/h2,6,9-12,14-15,19-20,25H,1,3-5,7-8,13,16-18,21-22H2,(H,37,38). The van der Waals surface area contributed by atoms with Crippen LogP contribution in [0.2, 0.25) is 0 Å². The van der Waals surface area contributed by atoms with Crippen LogP contribution in [0.25, 0.3) is 11.1 Å². The summed E-state index contributed by atoms with van der Waals surface area (Å²) in [5.74, 6) is 0.349. The lowest BCUT2D eigenvalue weighted by molar-refractivity contribution is 0.0696. The molecule has 4 aliphatic rings. The number of benzene rings is 2.